The van der Waals surface area contributed by atoms with Crippen LogP contribution in [0.3, 0.4) is 0 Å². The molecule has 0 saturated heterocycles. The van der Waals surface area contributed by atoms with Crippen LogP contribution in [-0.2, 0) is 5.41 Å². The van der Waals surface area contributed by atoms with Gasteiger partial charge in [0.15, 0.2) is 0 Å². The predicted octanol–water partition coefficient (Wildman–Crippen LogP) is 3.66. The topological polar surface area (TPSA) is 52.4 Å². The Balaban J connectivity index is 3.55. The second-order valence-corrected chi connectivity index (χ2v) is 5.43. The Labute approximate surface area is 103 Å². The highest BCUT2D eigenvalue weighted by Gasteiger charge is 2.26. The lowest BCUT2D eigenvalue weighted by Gasteiger charge is -2.22. The van der Waals surface area contributed by atoms with Crippen LogP contribution in [0.25, 0.3) is 0 Å². The van der Waals surface area contributed by atoms with Crippen molar-refractivity contribution in [1.29, 1.82) is 0 Å². The molecule has 1 aromatic carbocycles. The molecule has 0 unspecified atom stereocenters. The number of methoxy groups -OCH3 is 1. The van der Waals surface area contributed by atoms with Crippen molar-refractivity contribution in [2.45, 2.75) is 26.2 Å². The normalized spacial score (nSPS) is 11.3. The molecule has 0 aliphatic rings. The van der Waals surface area contributed by atoms with E-state index in [2.05, 4.69) is 15.9 Å². The molecule has 0 radical (unpaired) electrons. The summed E-state index contributed by atoms with van der Waals surface area (Å²) in [6.07, 6.45) is 0. The highest BCUT2D eigenvalue weighted by molar-refractivity contribution is 9.10. The summed E-state index contributed by atoms with van der Waals surface area (Å²) in [5.41, 5.74) is 0.595. The molecule has 1 aromatic rings. The molecular formula is C11H14BrNO3. The molecule has 5 heteroatoms. The molecule has 0 spiro atoms. The van der Waals surface area contributed by atoms with Gasteiger partial charge in [0.05, 0.1) is 12.0 Å². The fourth-order valence-electron chi connectivity index (χ4n) is 1.49. The SMILES string of the molecule is COc1c([N+](=O)[O-])cc(Br)cc1C(C)(C)C. The van der Waals surface area contributed by atoms with E-state index in [4.69, 9.17) is 4.74 Å². The number of hydrogen-bond donors (Lipinski definition) is 0. The number of halogens is 1. The monoisotopic (exact) mass is 287 g/mol. The van der Waals surface area contributed by atoms with Crippen molar-refractivity contribution < 1.29 is 9.66 Å². The average Bonchev–Trinajstić information content (AvgIpc) is 2.14. The molecule has 0 atom stereocenters. The Morgan fingerprint density at radius 1 is 1.38 bits per heavy atom. The lowest BCUT2D eigenvalue weighted by atomic mass is 9.86. The van der Waals surface area contributed by atoms with Gasteiger partial charge >= 0.3 is 5.69 Å². The summed E-state index contributed by atoms with van der Waals surface area (Å²) in [6.45, 7) is 5.96. The van der Waals surface area contributed by atoms with Gasteiger partial charge in [0.1, 0.15) is 0 Å². The fraction of sp³-hybridized carbons (Fsp3) is 0.455. The molecule has 88 valence electrons. The molecule has 0 heterocycles. The largest absolute Gasteiger partial charge is 0.490 e. The fourth-order valence-corrected chi connectivity index (χ4v) is 1.93. The van der Waals surface area contributed by atoms with Crippen molar-refractivity contribution >= 4 is 21.6 Å². The first-order valence-corrected chi connectivity index (χ1v) is 5.59. The van der Waals surface area contributed by atoms with Gasteiger partial charge in [0.25, 0.3) is 0 Å². The quantitative estimate of drug-likeness (QED) is 0.616. The maximum Gasteiger partial charge on any atom is 0.312 e. The van der Waals surface area contributed by atoms with Crippen LogP contribution < -0.4 is 4.74 Å². The summed E-state index contributed by atoms with van der Waals surface area (Å²) < 4.78 is 5.84. The zero-order valence-corrected chi connectivity index (χ0v) is 11.3. The third kappa shape index (κ3) is 2.52. The zero-order chi connectivity index (χ0) is 12.5. The van der Waals surface area contributed by atoms with Crippen LogP contribution >= 0.6 is 15.9 Å². The third-order valence-electron chi connectivity index (χ3n) is 2.24. The zero-order valence-electron chi connectivity index (χ0n) is 9.70. The van der Waals surface area contributed by atoms with Crippen LogP contribution in [0.1, 0.15) is 26.3 Å². The van der Waals surface area contributed by atoms with Gasteiger partial charge < -0.3 is 4.74 Å². The van der Waals surface area contributed by atoms with E-state index in [0.29, 0.717) is 10.2 Å². The van der Waals surface area contributed by atoms with Crippen LogP contribution in [0, 0.1) is 10.1 Å². The minimum absolute atomic E-state index is 0.0122. The third-order valence-corrected chi connectivity index (χ3v) is 2.70. The number of benzene rings is 1. The van der Waals surface area contributed by atoms with Crippen LogP contribution in [-0.4, -0.2) is 12.0 Å². The van der Waals surface area contributed by atoms with Crippen LogP contribution in [0.5, 0.6) is 5.75 Å². The van der Waals surface area contributed by atoms with Gasteiger partial charge in [0.2, 0.25) is 5.75 Å². The van der Waals surface area contributed by atoms with Gasteiger partial charge in [-0.05, 0) is 11.5 Å². The summed E-state index contributed by atoms with van der Waals surface area (Å²) >= 11 is 3.28. The van der Waals surface area contributed by atoms with Gasteiger partial charge in [-0.25, -0.2) is 0 Å². The smallest absolute Gasteiger partial charge is 0.312 e. The summed E-state index contributed by atoms with van der Waals surface area (Å²) in [5.74, 6) is 0.334. The van der Waals surface area contributed by atoms with E-state index in [1.54, 1.807) is 0 Å². The molecule has 0 N–H and O–H groups in total. The Kier molecular flexibility index (Phi) is 3.57. The van der Waals surface area contributed by atoms with Crippen molar-refractivity contribution in [1.82, 2.24) is 0 Å². The molecule has 0 amide bonds. The van der Waals surface area contributed by atoms with E-state index in [-0.39, 0.29) is 11.1 Å². The highest BCUT2D eigenvalue weighted by atomic mass is 79.9. The van der Waals surface area contributed by atoms with Crippen molar-refractivity contribution in [3.8, 4) is 5.75 Å². The number of hydrogen-bond acceptors (Lipinski definition) is 3. The Morgan fingerprint density at radius 2 is 1.94 bits per heavy atom. The van der Waals surface area contributed by atoms with Gasteiger partial charge in [0, 0.05) is 16.1 Å². The number of rotatable bonds is 2. The number of nitro benzene ring substituents is 1. The van der Waals surface area contributed by atoms with Crippen LogP contribution in [0.2, 0.25) is 0 Å². The van der Waals surface area contributed by atoms with Gasteiger partial charge in [-0.1, -0.05) is 36.7 Å². The lowest BCUT2D eigenvalue weighted by molar-refractivity contribution is -0.385. The maximum absolute atomic E-state index is 10.9. The Hall–Kier alpha value is -1.10. The molecule has 0 saturated carbocycles. The van der Waals surface area contributed by atoms with Gasteiger partial charge in [-0.2, -0.15) is 0 Å². The summed E-state index contributed by atoms with van der Waals surface area (Å²) in [4.78, 5) is 10.5. The van der Waals surface area contributed by atoms with Crippen molar-refractivity contribution in [2.75, 3.05) is 7.11 Å². The lowest BCUT2D eigenvalue weighted by Crippen LogP contribution is -2.13. The standard InChI is InChI=1S/C11H14BrNO3/c1-11(2,3)8-5-7(12)6-9(13(14)15)10(8)16-4/h5-6H,1-4H3. The first-order valence-electron chi connectivity index (χ1n) is 4.79. The maximum atomic E-state index is 10.9. The molecule has 4 nitrogen and oxygen atoms in total. The molecule has 0 fully saturated rings. The van der Waals surface area contributed by atoms with Gasteiger partial charge in [-0.15, -0.1) is 0 Å². The molecular weight excluding hydrogens is 274 g/mol. The predicted molar refractivity (Wildman–Crippen MR) is 66.0 cm³/mol. The summed E-state index contributed by atoms with van der Waals surface area (Å²) in [7, 11) is 1.45. The summed E-state index contributed by atoms with van der Waals surface area (Å²) in [6, 6.07) is 3.31. The van der Waals surface area contributed by atoms with Crippen molar-refractivity contribution in [2.24, 2.45) is 0 Å². The first-order chi connectivity index (χ1) is 7.27. The number of ether oxygens (including phenoxy) is 1. The van der Waals surface area contributed by atoms with E-state index in [9.17, 15) is 10.1 Å². The van der Waals surface area contributed by atoms with Gasteiger partial charge in [-0.3, -0.25) is 10.1 Å². The number of nitrogens with zero attached hydrogens (tertiary/aromatic N) is 1. The molecule has 0 aliphatic carbocycles. The molecule has 1 rings (SSSR count). The second-order valence-electron chi connectivity index (χ2n) is 4.51. The Morgan fingerprint density at radius 3 is 2.31 bits per heavy atom. The second kappa shape index (κ2) is 4.41. The van der Waals surface area contributed by atoms with Crippen molar-refractivity contribution in [3.63, 3.8) is 0 Å². The van der Waals surface area contributed by atoms with E-state index in [1.807, 2.05) is 26.8 Å². The van der Waals surface area contributed by atoms with E-state index in [1.165, 1.54) is 13.2 Å². The van der Waals surface area contributed by atoms with Crippen LogP contribution in [0.15, 0.2) is 16.6 Å². The minimum Gasteiger partial charge on any atom is -0.490 e. The molecule has 0 aliphatic heterocycles. The van der Waals surface area contributed by atoms with E-state index in [0.717, 1.165) is 5.56 Å². The summed E-state index contributed by atoms with van der Waals surface area (Å²) in [5, 5.41) is 10.9. The molecule has 16 heavy (non-hydrogen) atoms. The van der Waals surface area contributed by atoms with Crippen molar-refractivity contribution in [3.05, 3.63) is 32.3 Å². The minimum atomic E-state index is -0.432. The first kappa shape index (κ1) is 13.0. The number of nitro groups is 1. The highest BCUT2D eigenvalue weighted by Crippen LogP contribution is 2.40. The van der Waals surface area contributed by atoms with E-state index >= 15 is 0 Å². The average molecular weight is 288 g/mol. The van der Waals surface area contributed by atoms with E-state index < -0.39 is 4.92 Å². The molecule has 0 bridgehead atoms. The molecule has 0 aromatic heterocycles. The van der Waals surface area contributed by atoms with Crippen LogP contribution in [0.4, 0.5) is 5.69 Å². The Bertz CT molecular complexity index is 424.